The maximum absolute atomic E-state index is 13.0. The van der Waals surface area contributed by atoms with Gasteiger partial charge in [-0.1, -0.05) is 23.5 Å². The average Bonchev–Trinajstić information content (AvgIpc) is 2.76. The third-order valence-corrected chi connectivity index (χ3v) is 3.19. The highest BCUT2D eigenvalue weighted by atomic mass is 35.5. The summed E-state index contributed by atoms with van der Waals surface area (Å²) in [7, 11) is 0. The smallest absolute Gasteiger partial charge is 0.242 e. The number of hydrogen-bond acceptors (Lipinski definition) is 5. The zero-order chi connectivity index (χ0) is 13.8. The SMILES string of the molecule is CC(N)C(=O)Nc1nnc(Cc2cccc(F)c2)s1.Cl. The van der Waals surface area contributed by atoms with Crippen molar-refractivity contribution < 1.29 is 9.18 Å². The Morgan fingerprint density at radius 1 is 1.50 bits per heavy atom. The quantitative estimate of drug-likeness (QED) is 0.903. The number of benzene rings is 1. The second-order valence-electron chi connectivity index (χ2n) is 4.09. The van der Waals surface area contributed by atoms with E-state index in [1.807, 2.05) is 6.07 Å². The van der Waals surface area contributed by atoms with E-state index in [2.05, 4.69) is 15.5 Å². The molecule has 2 aromatic rings. The second-order valence-corrected chi connectivity index (χ2v) is 5.15. The lowest BCUT2D eigenvalue weighted by Gasteiger charge is -2.02. The molecule has 2 rings (SSSR count). The zero-order valence-electron chi connectivity index (χ0n) is 10.7. The molecule has 0 aliphatic heterocycles. The Hall–Kier alpha value is -1.57. The molecule has 3 N–H and O–H groups in total. The van der Waals surface area contributed by atoms with Crippen molar-refractivity contribution in [2.45, 2.75) is 19.4 Å². The van der Waals surface area contributed by atoms with Crippen molar-refractivity contribution in [2.75, 3.05) is 5.32 Å². The molecule has 0 aliphatic rings. The molecule has 1 heterocycles. The number of anilines is 1. The highest BCUT2D eigenvalue weighted by Gasteiger charge is 2.11. The van der Waals surface area contributed by atoms with Gasteiger partial charge in [-0.15, -0.1) is 22.6 Å². The van der Waals surface area contributed by atoms with Gasteiger partial charge in [0.15, 0.2) is 0 Å². The van der Waals surface area contributed by atoms with Gasteiger partial charge in [0.25, 0.3) is 0 Å². The number of halogens is 2. The molecule has 108 valence electrons. The number of rotatable bonds is 4. The van der Waals surface area contributed by atoms with Gasteiger partial charge in [0.1, 0.15) is 10.8 Å². The standard InChI is InChI=1S/C12H13FN4OS.ClH/c1-7(14)11(18)15-12-17-16-10(19-12)6-8-3-2-4-9(13)5-8;/h2-5,7H,6,14H2,1H3,(H,15,17,18);1H. The molecule has 1 atom stereocenters. The molecule has 0 bridgehead atoms. The number of nitrogens with one attached hydrogen (secondary N) is 1. The van der Waals surface area contributed by atoms with E-state index in [4.69, 9.17) is 5.73 Å². The van der Waals surface area contributed by atoms with E-state index in [9.17, 15) is 9.18 Å². The summed E-state index contributed by atoms with van der Waals surface area (Å²) >= 11 is 1.25. The van der Waals surface area contributed by atoms with E-state index in [1.165, 1.54) is 23.5 Å². The molecule has 20 heavy (non-hydrogen) atoms. The van der Waals surface area contributed by atoms with Gasteiger partial charge in [0.05, 0.1) is 6.04 Å². The van der Waals surface area contributed by atoms with Crippen LogP contribution in [0.5, 0.6) is 0 Å². The van der Waals surface area contributed by atoms with E-state index in [1.54, 1.807) is 13.0 Å². The normalized spacial score (nSPS) is 11.6. The fraction of sp³-hybridized carbons (Fsp3) is 0.250. The average molecular weight is 317 g/mol. The summed E-state index contributed by atoms with van der Waals surface area (Å²) < 4.78 is 13.0. The van der Waals surface area contributed by atoms with Crippen LogP contribution in [0.15, 0.2) is 24.3 Å². The fourth-order valence-corrected chi connectivity index (χ4v) is 2.19. The maximum atomic E-state index is 13.0. The van der Waals surface area contributed by atoms with Gasteiger partial charge in [0.2, 0.25) is 11.0 Å². The third kappa shape index (κ3) is 4.52. The van der Waals surface area contributed by atoms with E-state index in [0.29, 0.717) is 16.6 Å². The Labute approximate surface area is 125 Å². The van der Waals surface area contributed by atoms with Crippen molar-refractivity contribution in [2.24, 2.45) is 5.73 Å². The van der Waals surface area contributed by atoms with Gasteiger partial charge in [-0.2, -0.15) is 0 Å². The Bertz CT molecular complexity index is 590. The van der Waals surface area contributed by atoms with Crippen LogP contribution in [0.1, 0.15) is 17.5 Å². The predicted octanol–water partition coefficient (Wildman–Crippen LogP) is 1.98. The number of nitrogens with zero attached hydrogens (tertiary/aromatic N) is 2. The highest BCUT2D eigenvalue weighted by molar-refractivity contribution is 7.15. The van der Waals surface area contributed by atoms with Gasteiger partial charge in [-0.05, 0) is 24.6 Å². The molecular formula is C12H14ClFN4OS. The van der Waals surface area contributed by atoms with Crippen molar-refractivity contribution in [1.29, 1.82) is 0 Å². The largest absolute Gasteiger partial charge is 0.320 e. The fourth-order valence-electron chi connectivity index (χ4n) is 1.42. The number of nitrogens with two attached hydrogens (primary N) is 1. The lowest BCUT2D eigenvalue weighted by molar-refractivity contribution is -0.117. The van der Waals surface area contributed by atoms with Crippen LogP contribution in [-0.4, -0.2) is 22.1 Å². The minimum atomic E-state index is -0.601. The van der Waals surface area contributed by atoms with Crippen molar-refractivity contribution in [3.8, 4) is 0 Å². The molecule has 1 amide bonds. The zero-order valence-corrected chi connectivity index (χ0v) is 12.3. The van der Waals surface area contributed by atoms with Gasteiger partial charge < -0.3 is 5.73 Å². The Morgan fingerprint density at radius 2 is 2.25 bits per heavy atom. The van der Waals surface area contributed by atoms with E-state index in [-0.39, 0.29) is 24.1 Å². The molecule has 1 aromatic heterocycles. The monoisotopic (exact) mass is 316 g/mol. The summed E-state index contributed by atoms with van der Waals surface area (Å²) in [6, 6.07) is 5.69. The minimum absolute atomic E-state index is 0. The maximum Gasteiger partial charge on any atom is 0.242 e. The van der Waals surface area contributed by atoms with Crippen LogP contribution in [0, 0.1) is 5.82 Å². The lowest BCUT2D eigenvalue weighted by Crippen LogP contribution is -2.32. The van der Waals surface area contributed by atoms with Crippen molar-refractivity contribution in [3.63, 3.8) is 0 Å². The lowest BCUT2D eigenvalue weighted by atomic mass is 10.1. The first kappa shape index (κ1) is 16.5. The first-order valence-electron chi connectivity index (χ1n) is 5.68. The van der Waals surface area contributed by atoms with E-state index in [0.717, 1.165) is 5.56 Å². The van der Waals surface area contributed by atoms with Crippen LogP contribution >= 0.6 is 23.7 Å². The van der Waals surface area contributed by atoms with Crippen LogP contribution in [-0.2, 0) is 11.2 Å². The topological polar surface area (TPSA) is 80.9 Å². The summed E-state index contributed by atoms with van der Waals surface area (Å²) in [5, 5.41) is 11.5. The Balaban J connectivity index is 0.00000200. The van der Waals surface area contributed by atoms with Crippen LogP contribution in [0.4, 0.5) is 9.52 Å². The van der Waals surface area contributed by atoms with Crippen molar-refractivity contribution in [1.82, 2.24) is 10.2 Å². The Kier molecular flexibility index (Phi) is 6.00. The second kappa shape index (κ2) is 7.28. The van der Waals surface area contributed by atoms with Gasteiger partial charge in [-0.25, -0.2) is 4.39 Å². The number of amides is 1. The third-order valence-electron chi connectivity index (χ3n) is 2.35. The van der Waals surface area contributed by atoms with E-state index < -0.39 is 6.04 Å². The van der Waals surface area contributed by atoms with Crippen molar-refractivity contribution in [3.05, 3.63) is 40.7 Å². The molecule has 0 saturated heterocycles. The summed E-state index contributed by atoms with van der Waals surface area (Å²) in [6.45, 7) is 1.59. The molecule has 0 spiro atoms. The van der Waals surface area contributed by atoms with Crippen LogP contribution < -0.4 is 11.1 Å². The Morgan fingerprint density at radius 3 is 2.90 bits per heavy atom. The summed E-state index contributed by atoms with van der Waals surface area (Å²) in [5.41, 5.74) is 6.24. The first-order chi connectivity index (χ1) is 9.04. The highest BCUT2D eigenvalue weighted by Crippen LogP contribution is 2.19. The molecule has 1 aromatic carbocycles. The van der Waals surface area contributed by atoms with Crippen LogP contribution in [0.3, 0.4) is 0 Å². The summed E-state index contributed by atoms with van der Waals surface area (Å²) in [6.07, 6.45) is 0.476. The molecule has 0 aliphatic carbocycles. The molecule has 0 saturated carbocycles. The van der Waals surface area contributed by atoms with Crippen LogP contribution in [0.25, 0.3) is 0 Å². The summed E-state index contributed by atoms with van der Waals surface area (Å²) in [4.78, 5) is 11.4. The molecule has 8 heteroatoms. The van der Waals surface area contributed by atoms with E-state index >= 15 is 0 Å². The van der Waals surface area contributed by atoms with Gasteiger partial charge in [-0.3, -0.25) is 10.1 Å². The van der Waals surface area contributed by atoms with Crippen molar-refractivity contribution >= 4 is 34.8 Å². The number of hydrogen-bond donors (Lipinski definition) is 2. The molecular weight excluding hydrogens is 303 g/mol. The molecule has 0 radical (unpaired) electrons. The van der Waals surface area contributed by atoms with Crippen LogP contribution in [0.2, 0.25) is 0 Å². The summed E-state index contributed by atoms with van der Waals surface area (Å²) in [5.74, 6) is -0.596. The van der Waals surface area contributed by atoms with Gasteiger partial charge >= 0.3 is 0 Å². The molecule has 1 unspecified atom stereocenters. The molecule has 5 nitrogen and oxygen atoms in total. The van der Waals surface area contributed by atoms with Gasteiger partial charge in [0, 0.05) is 6.42 Å². The number of carbonyl (C=O) groups is 1. The predicted molar refractivity (Wildman–Crippen MR) is 78.6 cm³/mol. The number of carbonyl (C=O) groups excluding carboxylic acids is 1. The minimum Gasteiger partial charge on any atom is -0.320 e. The molecule has 0 fully saturated rings. The first-order valence-corrected chi connectivity index (χ1v) is 6.49. The number of aromatic nitrogens is 2.